The zero-order chi connectivity index (χ0) is 25.8. The number of anilines is 1. The maximum absolute atomic E-state index is 13.3. The van der Waals surface area contributed by atoms with E-state index in [1.54, 1.807) is 24.5 Å². The molecule has 1 aliphatic heterocycles. The van der Waals surface area contributed by atoms with Crippen LogP contribution in [-0.2, 0) is 5.54 Å². The SMILES string of the molecule is C[C@](N)(c1ccccc1)c1cnc(N2CCN(C(=NC=N)c3cc(-c4ccc(F)cc4)c[nH]3)CC2)nc1. The van der Waals surface area contributed by atoms with E-state index in [1.807, 2.05) is 49.5 Å². The Bertz CT molecular complexity index is 1370. The Labute approximate surface area is 215 Å². The maximum atomic E-state index is 13.3. The molecule has 1 fully saturated rings. The van der Waals surface area contributed by atoms with Gasteiger partial charge in [0.1, 0.15) is 12.2 Å². The Kier molecular flexibility index (Phi) is 6.78. The van der Waals surface area contributed by atoms with Crippen molar-refractivity contribution in [3.05, 3.63) is 102 Å². The van der Waals surface area contributed by atoms with Crippen molar-refractivity contribution in [1.29, 1.82) is 5.41 Å². The average molecular weight is 497 g/mol. The summed E-state index contributed by atoms with van der Waals surface area (Å²) in [6.07, 6.45) is 6.53. The van der Waals surface area contributed by atoms with Crippen LogP contribution in [0.5, 0.6) is 0 Å². The number of rotatable bonds is 6. The van der Waals surface area contributed by atoms with E-state index in [0.29, 0.717) is 38.0 Å². The van der Waals surface area contributed by atoms with Gasteiger partial charge in [0.2, 0.25) is 5.95 Å². The third kappa shape index (κ3) is 5.12. The largest absolute Gasteiger partial charge is 0.358 e. The van der Waals surface area contributed by atoms with E-state index in [4.69, 9.17) is 11.1 Å². The Hall–Kier alpha value is -4.37. The zero-order valence-corrected chi connectivity index (χ0v) is 20.6. The van der Waals surface area contributed by atoms with Gasteiger partial charge in [-0.05, 0) is 41.8 Å². The highest BCUT2D eigenvalue weighted by atomic mass is 19.1. The molecule has 0 radical (unpaired) electrons. The molecule has 2 aromatic carbocycles. The van der Waals surface area contributed by atoms with Gasteiger partial charge in [0.15, 0.2) is 5.84 Å². The number of halogens is 1. The number of aromatic amines is 1. The molecule has 37 heavy (non-hydrogen) atoms. The van der Waals surface area contributed by atoms with Crippen LogP contribution in [0.2, 0.25) is 0 Å². The summed E-state index contributed by atoms with van der Waals surface area (Å²) in [5, 5.41) is 7.57. The lowest BCUT2D eigenvalue weighted by atomic mass is 9.87. The summed E-state index contributed by atoms with van der Waals surface area (Å²) in [6, 6.07) is 18.3. The Morgan fingerprint density at radius 3 is 2.32 bits per heavy atom. The van der Waals surface area contributed by atoms with E-state index < -0.39 is 5.54 Å². The lowest BCUT2D eigenvalue weighted by Gasteiger charge is -2.36. The lowest BCUT2D eigenvalue weighted by Crippen LogP contribution is -2.49. The summed E-state index contributed by atoms with van der Waals surface area (Å²) in [4.78, 5) is 21.1. The predicted molar refractivity (Wildman–Crippen MR) is 144 cm³/mol. The van der Waals surface area contributed by atoms with Crippen LogP contribution >= 0.6 is 0 Å². The van der Waals surface area contributed by atoms with Crippen molar-refractivity contribution in [2.75, 3.05) is 31.1 Å². The molecular formula is C28H29FN8. The maximum Gasteiger partial charge on any atom is 0.225 e. The highest BCUT2D eigenvalue weighted by molar-refractivity contribution is 6.01. The van der Waals surface area contributed by atoms with E-state index in [-0.39, 0.29) is 5.82 Å². The van der Waals surface area contributed by atoms with Crippen molar-refractivity contribution in [2.24, 2.45) is 10.7 Å². The van der Waals surface area contributed by atoms with Crippen LogP contribution in [0.1, 0.15) is 23.7 Å². The minimum Gasteiger partial charge on any atom is -0.358 e. The standard InChI is InChI=1S/C28H29FN8/c1-28(31,22-5-3-2-4-6-22)23-17-33-27(34-18-23)37-13-11-36(12-14-37)26(35-19-30)25-15-21(16-32-25)20-7-9-24(29)10-8-20/h2-10,15-19,30,32H,11-14,31H2,1H3/t28-/m0/s1. The number of hydrogen-bond donors (Lipinski definition) is 3. The lowest BCUT2D eigenvalue weighted by molar-refractivity contribution is 0.383. The van der Waals surface area contributed by atoms with Gasteiger partial charge in [0.25, 0.3) is 0 Å². The van der Waals surface area contributed by atoms with Crippen LogP contribution in [0.4, 0.5) is 10.3 Å². The van der Waals surface area contributed by atoms with Gasteiger partial charge in [-0.25, -0.2) is 19.4 Å². The highest BCUT2D eigenvalue weighted by Gasteiger charge is 2.26. The molecule has 9 heteroatoms. The topological polar surface area (TPSA) is 110 Å². The van der Waals surface area contributed by atoms with E-state index in [2.05, 4.69) is 29.7 Å². The summed E-state index contributed by atoms with van der Waals surface area (Å²) in [6.45, 7) is 4.77. The first-order valence-electron chi connectivity index (χ1n) is 12.1. The first-order valence-corrected chi connectivity index (χ1v) is 12.1. The van der Waals surface area contributed by atoms with Crippen molar-refractivity contribution >= 4 is 18.1 Å². The Morgan fingerprint density at radius 2 is 1.68 bits per heavy atom. The second-order valence-corrected chi connectivity index (χ2v) is 9.20. The van der Waals surface area contributed by atoms with Gasteiger partial charge in [-0.3, -0.25) is 5.41 Å². The van der Waals surface area contributed by atoms with Crippen LogP contribution in [0.3, 0.4) is 0 Å². The van der Waals surface area contributed by atoms with Crippen LogP contribution < -0.4 is 10.6 Å². The molecule has 5 rings (SSSR count). The zero-order valence-electron chi connectivity index (χ0n) is 20.6. The summed E-state index contributed by atoms with van der Waals surface area (Å²) < 4.78 is 13.3. The molecule has 188 valence electrons. The fraction of sp³-hybridized carbons (Fsp3) is 0.214. The molecule has 0 spiro atoms. The first kappa shape index (κ1) is 24.3. The number of amidine groups is 1. The summed E-state index contributed by atoms with van der Waals surface area (Å²) >= 11 is 0. The van der Waals surface area contributed by atoms with E-state index in [1.165, 1.54) is 12.1 Å². The smallest absolute Gasteiger partial charge is 0.225 e. The summed E-state index contributed by atoms with van der Waals surface area (Å²) in [7, 11) is 0. The van der Waals surface area contributed by atoms with Crippen LogP contribution in [0, 0.1) is 11.2 Å². The number of benzene rings is 2. The summed E-state index contributed by atoms with van der Waals surface area (Å²) in [5.41, 5.74) is 10.4. The molecule has 4 N–H and O–H groups in total. The molecule has 8 nitrogen and oxygen atoms in total. The van der Waals surface area contributed by atoms with Crippen molar-refractivity contribution in [3.8, 4) is 11.1 Å². The van der Waals surface area contributed by atoms with Crippen LogP contribution in [0.25, 0.3) is 11.1 Å². The number of aromatic nitrogens is 3. The van der Waals surface area contributed by atoms with Crippen LogP contribution in [-0.4, -0.2) is 58.2 Å². The molecule has 0 aliphatic carbocycles. The molecule has 1 aliphatic rings. The third-order valence-electron chi connectivity index (χ3n) is 6.76. The van der Waals surface area contributed by atoms with Gasteiger partial charge in [-0.15, -0.1) is 0 Å². The minimum absolute atomic E-state index is 0.268. The molecule has 2 aromatic heterocycles. The fourth-order valence-corrected chi connectivity index (χ4v) is 4.54. The molecule has 0 saturated carbocycles. The van der Waals surface area contributed by atoms with E-state index >= 15 is 0 Å². The molecule has 0 amide bonds. The second kappa shape index (κ2) is 10.3. The second-order valence-electron chi connectivity index (χ2n) is 9.20. The minimum atomic E-state index is -0.681. The average Bonchev–Trinajstić information content (AvgIpc) is 3.43. The number of H-pyrrole nitrogens is 1. The van der Waals surface area contributed by atoms with Gasteiger partial charge < -0.3 is 20.5 Å². The van der Waals surface area contributed by atoms with Gasteiger partial charge in [0.05, 0.1) is 11.2 Å². The third-order valence-corrected chi connectivity index (χ3v) is 6.76. The number of aliphatic imine (C=N–C) groups is 1. The summed E-state index contributed by atoms with van der Waals surface area (Å²) in [5.74, 6) is 1.09. The molecule has 0 unspecified atom stereocenters. The van der Waals surface area contributed by atoms with Crippen molar-refractivity contribution < 1.29 is 4.39 Å². The van der Waals surface area contributed by atoms with Gasteiger partial charge in [-0.2, -0.15) is 0 Å². The quantitative estimate of drug-likeness (QED) is 0.276. The van der Waals surface area contributed by atoms with Crippen molar-refractivity contribution in [2.45, 2.75) is 12.5 Å². The highest BCUT2D eigenvalue weighted by Crippen LogP contribution is 2.26. The van der Waals surface area contributed by atoms with Crippen molar-refractivity contribution in [3.63, 3.8) is 0 Å². The van der Waals surface area contributed by atoms with E-state index in [9.17, 15) is 4.39 Å². The van der Waals surface area contributed by atoms with E-state index in [0.717, 1.165) is 34.3 Å². The Morgan fingerprint density at radius 1 is 1.00 bits per heavy atom. The fourth-order valence-electron chi connectivity index (χ4n) is 4.54. The molecule has 0 bridgehead atoms. The number of nitrogens with two attached hydrogens (primary N) is 1. The van der Waals surface area contributed by atoms with Crippen LogP contribution in [0.15, 0.2) is 84.2 Å². The number of hydrogen-bond acceptors (Lipinski definition) is 5. The number of piperazine rings is 1. The number of nitrogens with zero attached hydrogens (tertiary/aromatic N) is 5. The first-order chi connectivity index (χ1) is 18.0. The molecular weight excluding hydrogens is 467 g/mol. The molecule has 3 heterocycles. The number of nitrogens with one attached hydrogen (secondary N) is 2. The van der Waals surface area contributed by atoms with Crippen molar-refractivity contribution in [1.82, 2.24) is 19.9 Å². The predicted octanol–water partition coefficient (Wildman–Crippen LogP) is 4.01. The van der Waals surface area contributed by atoms with Gasteiger partial charge in [0, 0.05) is 50.3 Å². The monoisotopic (exact) mass is 496 g/mol. The normalized spacial score (nSPS) is 15.9. The van der Waals surface area contributed by atoms with Gasteiger partial charge >= 0.3 is 0 Å². The molecule has 1 saturated heterocycles. The molecule has 1 atom stereocenters. The Balaban J connectivity index is 1.26. The molecule has 4 aromatic rings. The van der Waals surface area contributed by atoms with Gasteiger partial charge in [-0.1, -0.05) is 42.5 Å².